The molecule has 0 saturated carbocycles. The van der Waals surface area contributed by atoms with Crippen molar-refractivity contribution in [3.63, 3.8) is 0 Å². The molecule has 1 saturated heterocycles. The highest BCUT2D eigenvalue weighted by Crippen LogP contribution is 2.30. The van der Waals surface area contributed by atoms with Crippen molar-refractivity contribution < 1.29 is 23.5 Å². The Morgan fingerprint density at radius 1 is 1.10 bits per heavy atom. The number of halogens is 1. The standard InChI is InChI=1S/C29H39FN4O5/c1-5-31-25(36)23-17-22(19-34(26(23)37)18-21-11-7-6-8-12-21)24(35)32-15-9-13-29(30)14-10-16-33(20-29)27(38)39-28(2,3)4/h6-8,11-12,17,19H,5,9-10,13-16,18,20H2,1-4H3,(H,31,36)(H,32,35). The van der Waals surface area contributed by atoms with Gasteiger partial charge in [-0.15, -0.1) is 0 Å². The van der Waals surface area contributed by atoms with Gasteiger partial charge in [-0.05, 0) is 65.0 Å². The summed E-state index contributed by atoms with van der Waals surface area (Å²) in [6, 6.07) is 10.6. The van der Waals surface area contributed by atoms with Crippen molar-refractivity contribution in [3.05, 3.63) is 69.6 Å². The molecule has 2 aromatic rings. The van der Waals surface area contributed by atoms with E-state index in [1.807, 2.05) is 30.3 Å². The van der Waals surface area contributed by atoms with Crippen LogP contribution in [0.4, 0.5) is 9.18 Å². The lowest BCUT2D eigenvalue weighted by Gasteiger charge is -2.38. The number of carbonyl (C=O) groups is 3. The Kier molecular flexibility index (Phi) is 9.88. The van der Waals surface area contributed by atoms with Crippen LogP contribution in [0.25, 0.3) is 0 Å². The van der Waals surface area contributed by atoms with E-state index in [-0.39, 0.29) is 37.2 Å². The number of likely N-dealkylation sites (tertiary alicyclic amines) is 1. The van der Waals surface area contributed by atoms with Gasteiger partial charge in [0.05, 0.1) is 18.7 Å². The molecule has 3 rings (SSSR count). The van der Waals surface area contributed by atoms with Crippen LogP contribution in [0.5, 0.6) is 0 Å². The lowest BCUT2D eigenvalue weighted by Crippen LogP contribution is -2.49. The molecule has 212 valence electrons. The molecule has 10 heteroatoms. The molecule has 0 bridgehead atoms. The van der Waals surface area contributed by atoms with Crippen molar-refractivity contribution in [3.8, 4) is 0 Å². The maximum Gasteiger partial charge on any atom is 0.410 e. The Bertz CT molecular complexity index is 1220. The van der Waals surface area contributed by atoms with Crippen LogP contribution in [-0.2, 0) is 11.3 Å². The average Bonchev–Trinajstić information content (AvgIpc) is 2.87. The predicted molar refractivity (Wildman–Crippen MR) is 147 cm³/mol. The Morgan fingerprint density at radius 3 is 2.49 bits per heavy atom. The van der Waals surface area contributed by atoms with E-state index in [1.54, 1.807) is 27.7 Å². The van der Waals surface area contributed by atoms with Gasteiger partial charge in [0.2, 0.25) is 0 Å². The second kappa shape index (κ2) is 12.9. The fourth-order valence-corrected chi connectivity index (χ4v) is 4.56. The Labute approximate surface area is 228 Å². The Hall–Kier alpha value is -3.69. The van der Waals surface area contributed by atoms with Gasteiger partial charge in [0.1, 0.15) is 16.8 Å². The summed E-state index contributed by atoms with van der Waals surface area (Å²) in [6.07, 6.45) is 2.31. The number of hydrogen-bond donors (Lipinski definition) is 2. The molecule has 1 aromatic carbocycles. The summed E-state index contributed by atoms with van der Waals surface area (Å²) in [5, 5.41) is 5.39. The van der Waals surface area contributed by atoms with E-state index in [4.69, 9.17) is 4.74 Å². The van der Waals surface area contributed by atoms with Crippen molar-refractivity contribution in [2.24, 2.45) is 0 Å². The second-order valence-electron chi connectivity index (χ2n) is 10.9. The van der Waals surface area contributed by atoms with E-state index in [1.165, 1.54) is 21.7 Å². The first kappa shape index (κ1) is 29.9. The summed E-state index contributed by atoms with van der Waals surface area (Å²) >= 11 is 0. The molecule has 0 spiro atoms. The maximum atomic E-state index is 15.5. The number of ether oxygens (including phenoxy) is 1. The summed E-state index contributed by atoms with van der Waals surface area (Å²) in [5.41, 5.74) is -1.82. The van der Waals surface area contributed by atoms with Gasteiger partial charge in [-0.25, -0.2) is 9.18 Å². The molecule has 1 atom stereocenters. The van der Waals surface area contributed by atoms with Gasteiger partial charge in [-0.3, -0.25) is 14.4 Å². The first-order valence-electron chi connectivity index (χ1n) is 13.4. The number of aromatic nitrogens is 1. The number of benzene rings is 1. The molecular formula is C29H39FN4O5. The lowest BCUT2D eigenvalue weighted by molar-refractivity contribution is -0.00798. The van der Waals surface area contributed by atoms with Crippen LogP contribution in [0.2, 0.25) is 0 Å². The van der Waals surface area contributed by atoms with Gasteiger partial charge >= 0.3 is 6.09 Å². The van der Waals surface area contributed by atoms with Crippen LogP contribution in [0.3, 0.4) is 0 Å². The molecule has 39 heavy (non-hydrogen) atoms. The fraction of sp³-hybridized carbons (Fsp3) is 0.517. The molecule has 9 nitrogen and oxygen atoms in total. The highest BCUT2D eigenvalue weighted by Gasteiger charge is 2.38. The normalized spacial score (nSPS) is 17.4. The highest BCUT2D eigenvalue weighted by atomic mass is 19.1. The third-order valence-electron chi connectivity index (χ3n) is 6.39. The van der Waals surface area contributed by atoms with Crippen molar-refractivity contribution in [1.29, 1.82) is 0 Å². The molecule has 1 aromatic heterocycles. The first-order chi connectivity index (χ1) is 18.4. The molecule has 1 fully saturated rings. The Morgan fingerprint density at radius 2 is 1.82 bits per heavy atom. The number of pyridine rings is 1. The van der Waals surface area contributed by atoms with Crippen LogP contribution >= 0.6 is 0 Å². The van der Waals surface area contributed by atoms with Crippen molar-refractivity contribution in [2.45, 2.75) is 71.2 Å². The van der Waals surface area contributed by atoms with E-state index in [0.29, 0.717) is 32.4 Å². The Balaban J connectivity index is 1.64. The maximum absolute atomic E-state index is 15.5. The van der Waals surface area contributed by atoms with E-state index in [2.05, 4.69) is 10.6 Å². The monoisotopic (exact) mass is 542 g/mol. The van der Waals surface area contributed by atoms with Gasteiger partial charge in [-0.2, -0.15) is 0 Å². The SMILES string of the molecule is CCNC(=O)c1cc(C(=O)NCCCC2(F)CCCN(C(=O)OC(C)(C)C)C2)cn(Cc2ccccc2)c1=O. The quantitative estimate of drug-likeness (QED) is 0.467. The zero-order valence-corrected chi connectivity index (χ0v) is 23.2. The van der Waals surface area contributed by atoms with Gasteiger partial charge in [0, 0.05) is 25.8 Å². The third-order valence-corrected chi connectivity index (χ3v) is 6.39. The predicted octanol–water partition coefficient (Wildman–Crippen LogP) is 3.90. The average molecular weight is 543 g/mol. The van der Waals surface area contributed by atoms with Gasteiger partial charge in [-0.1, -0.05) is 30.3 Å². The van der Waals surface area contributed by atoms with Gasteiger partial charge < -0.3 is 24.8 Å². The number of alkyl halides is 1. The van der Waals surface area contributed by atoms with Gasteiger partial charge in [0.25, 0.3) is 17.4 Å². The molecule has 0 aliphatic carbocycles. The molecular weight excluding hydrogens is 503 g/mol. The summed E-state index contributed by atoms with van der Waals surface area (Å²) in [4.78, 5) is 52.3. The minimum absolute atomic E-state index is 0.0454. The molecule has 2 heterocycles. The summed E-state index contributed by atoms with van der Waals surface area (Å²) in [7, 11) is 0. The van der Waals surface area contributed by atoms with Crippen molar-refractivity contribution in [2.75, 3.05) is 26.2 Å². The van der Waals surface area contributed by atoms with Crippen LogP contribution < -0.4 is 16.2 Å². The van der Waals surface area contributed by atoms with Crippen LogP contribution in [0.15, 0.2) is 47.4 Å². The second-order valence-corrected chi connectivity index (χ2v) is 10.9. The number of carbonyl (C=O) groups excluding carboxylic acids is 3. The molecule has 2 N–H and O–H groups in total. The van der Waals surface area contributed by atoms with E-state index in [9.17, 15) is 19.2 Å². The number of nitrogens with one attached hydrogen (secondary N) is 2. The summed E-state index contributed by atoms with van der Waals surface area (Å²) in [5.74, 6) is -1.01. The van der Waals surface area contributed by atoms with Crippen LogP contribution in [-0.4, -0.2) is 64.8 Å². The van der Waals surface area contributed by atoms with Crippen molar-refractivity contribution in [1.82, 2.24) is 20.1 Å². The zero-order chi connectivity index (χ0) is 28.6. The molecule has 1 aliphatic heterocycles. The largest absolute Gasteiger partial charge is 0.444 e. The molecule has 1 unspecified atom stereocenters. The van der Waals surface area contributed by atoms with Gasteiger partial charge in [0.15, 0.2) is 0 Å². The number of nitrogens with zero attached hydrogens (tertiary/aromatic N) is 2. The minimum Gasteiger partial charge on any atom is -0.444 e. The van der Waals surface area contributed by atoms with Crippen molar-refractivity contribution >= 4 is 17.9 Å². The smallest absolute Gasteiger partial charge is 0.410 e. The third kappa shape index (κ3) is 8.66. The minimum atomic E-state index is -1.56. The zero-order valence-electron chi connectivity index (χ0n) is 23.2. The number of hydrogen-bond acceptors (Lipinski definition) is 5. The number of piperidine rings is 1. The summed E-state index contributed by atoms with van der Waals surface area (Å²) in [6.45, 7) is 8.20. The van der Waals surface area contributed by atoms with E-state index < -0.39 is 34.7 Å². The molecule has 1 aliphatic rings. The van der Waals surface area contributed by atoms with Crippen LogP contribution in [0.1, 0.15) is 79.7 Å². The number of amides is 3. The van der Waals surface area contributed by atoms with Crippen LogP contribution in [0, 0.1) is 0 Å². The highest BCUT2D eigenvalue weighted by molar-refractivity contribution is 5.99. The topological polar surface area (TPSA) is 110 Å². The van der Waals surface area contributed by atoms with E-state index >= 15 is 4.39 Å². The lowest BCUT2D eigenvalue weighted by atomic mass is 9.90. The first-order valence-corrected chi connectivity index (χ1v) is 13.4. The molecule has 3 amide bonds. The number of rotatable bonds is 9. The summed E-state index contributed by atoms with van der Waals surface area (Å²) < 4.78 is 22.3. The molecule has 0 radical (unpaired) electrons. The fourth-order valence-electron chi connectivity index (χ4n) is 4.56. The van der Waals surface area contributed by atoms with E-state index in [0.717, 1.165) is 5.56 Å².